The third-order valence-corrected chi connectivity index (χ3v) is 2.35. The second-order valence-corrected chi connectivity index (χ2v) is 3.92. The van der Waals surface area contributed by atoms with Gasteiger partial charge in [0.25, 0.3) is 0 Å². The molecule has 0 aliphatic rings. The molecule has 0 saturated carbocycles. The summed E-state index contributed by atoms with van der Waals surface area (Å²) in [4.78, 5) is 22.4. The topological polar surface area (TPSA) is 74.6 Å². The molecule has 0 fully saturated rings. The number of carboxylic acid groups (broad SMARTS) is 2. The van der Waals surface area contributed by atoms with Crippen molar-refractivity contribution < 1.29 is 19.8 Å². The van der Waals surface area contributed by atoms with Gasteiger partial charge in [-0.05, 0) is 11.5 Å². The molecule has 0 radical (unpaired) electrons. The van der Waals surface area contributed by atoms with E-state index in [1.54, 1.807) is 44.2 Å². The second kappa shape index (κ2) is 5.30. The van der Waals surface area contributed by atoms with Crippen LogP contribution in [0.3, 0.4) is 0 Å². The van der Waals surface area contributed by atoms with Crippen LogP contribution in [0.1, 0.15) is 19.4 Å². The van der Waals surface area contributed by atoms with Crippen molar-refractivity contribution in [2.75, 3.05) is 0 Å². The molecular weight excluding hydrogens is 220 g/mol. The van der Waals surface area contributed by atoms with Gasteiger partial charge in [0.2, 0.25) is 0 Å². The van der Waals surface area contributed by atoms with Crippen LogP contribution in [0, 0.1) is 5.92 Å². The molecule has 0 aliphatic heterocycles. The van der Waals surface area contributed by atoms with E-state index >= 15 is 0 Å². The van der Waals surface area contributed by atoms with Crippen LogP contribution in [0.2, 0.25) is 0 Å². The lowest BCUT2D eigenvalue weighted by Crippen LogP contribution is -2.14. The Balaban J connectivity index is 3.49. The van der Waals surface area contributed by atoms with Crippen molar-refractivity contribution >= 4 is 17.5 Å². The summed E-state index contributed by atoms with van der Waals surface area (Å²) in [5.41, 5.74) is 0.183. The largest absolute Gasteiger partial charge is 0.478 e. The van der Waals surface area contributed by atoms with E-state index in [1.807, 2.05) is 0 Å². The minimum Gasteiger partial charge on any atom is -0.478 e. The maximum Gasteiger partial charge on any atom is 0.336 e. The SMILES string of the molecule is CC(C)C(C(=O)O)=C(C(=O)O)c1ccccc1. The molecule has 0 aliphatic carbocycles. The van der Waals surface area contributed by atoms with E-state index in [-0.39, 0.29) is 17.1 Å². The Morgan fingerprint density at radius 2 is 1.53 bits per heavy atom. The normalized spacial score (nSPS) is 12.2. The summed E-state index contributed by atoms with van der Waals surface area (Å²) in [6, 6.07) is 8.29. The van der Waals surface area contributed by atoms with Gasteiger partial charge in [0.1, 0.15) is 0 Å². The fraction of sp³-hybridized carbons (Fsp3) is 0.231. The number of carboxylic acids is 2. The minimum absolute atomic E-state index is 0.0799. The number of benzene rings is 1. The monoisotopic (exact) mass is 234 g/mol. The zero-order chi connectivity index (χ0) is 13.0. The van der Waals surface area contributed by atoms with Crippen LogP contribution < -0.4 is 0 Å². The first-order valence-corrected chi connectivity index (χ1v) is 5.21. The zero-order valence-corrected chi connectivity index (χ0v) is 9.68. The molecule has 0 saturated heterocycles. The molecule has 0 atom stereocenters. The Hall–Kier alpha value is -2.10. The van der Waals surface area contributed by atoms with Crippen LogP contribution in [-0.4, -0.2) is 22.2 Å². The van der Waals surface area contributed by atoms with Crippen LogP contribution in [0.4, 0.5) is 0 Å². The Labute approximate surface area is 99.2 Å². The second-order valence-electron chi connectivity index (χ2n) is 3.92. The van der Waals surface area contributed by atoms with Gasteiger partial charge in [-0.2, -0.15) is 0 Å². The molecule has 4 nitrogen and oxygen atoms in total. The highest BCUT2D eigenvalue weighted by Gasteiger charge is 2.23. The van der Waals surface area contributed by atoms with Crippen LogP contribution in [-0.2, 0) is 9.59 Å². The van der Waals surface area contributed by atoms with Crippen LogP contribution in [0.15, 0.2) is 35.9 Å². The maximum absolute atomic E-state index is 11.2. The predicted molar refractivity (Wildman–Crippen MR) is 63.5 cm³/mol. The first-order chi connectivity index (χ1) is 7.95. The van der Waals surface area contributed by atoms with Crippen LogP contribution >= 0.6 is 0 Å². The Morgan fingerprint density at radius 1 is 1.00 bits per heavy atom. The van der Waals surface area contributed by atoms with Gasteiger partial charge in [0.05, 0.1) is 11.1 Å². The van der Waals surface area contributed by atoms with Gasteiger partial charge in [-0.25, -0.2) is 9.59 Å². The van der Waals surface area contributed by atoms with Crippen LogP contribution in [0.5, 0.6) is 0 Å². The molecule has 1 aromatic carbocycles. The van der Waals surface area contributed by atoms with Gasteiger partial charge in [0.15, 0.2) is 0 Å². The van der Waals surface area contributed by atoms with Gasteiger partial charge in [-0.1, -0.05) is 44.2 Å². The Morgan fingerprint density at radius 3 is 1.88 bits per heavy atom. The van der Waals surface area contributed by atoms with Crippen LogP contribution in [0.25, 0.3) is 5.57 Å². The number of carbonyl (C=O) groups is 2. The highest BCUT2D eigenvalue weighted by Crippen LogP contribution is 2.24. The molecule has 0 unspecified atom stereocenters. The van der Waals surface area contributed by atoms with Crippen molar-refractivity contribution in [3.8, 4) is 0 Å². The minimum atomic E-state index is -1.22. The van der Waals surface area contributed by atoms with E-state index in [2.05, 4.69) is 0 Å². The van der Waals surface area contributed by atoms with E-state index in [0.29, 0.717) is 5.56 Å². The molecule has 1 rings (SSSR count). The van der Waals surface area contributed by atoms with E-state index in [4.69, 9.17) is 5.11 Å². The molecule has 2 N–H and O–H groups in total. The Kier molecular flexibility index (Phi) is 4.04. The van der Waals surface area contributed by atoms with Crippen molar-refractivity contribution in [1.82, 2.24) is 0 Å². The molecule has 0 bridgehead atoms. The van der Waals surface area contributed by atoms with E-state index < -0.39 is 11.9 Å². The molecule has 0 heterocycles. The number of hydrogen-bond acceptors (Lipinski definition) is 2. The lowest BCUT2D eigenvalue weighted by molar-refractivity contribution is -0.134. The third kappa shape index (κ3) is 2.93. The average molecular weight is 234 g/mol. The van der Waals surface area contributed by atoms with E-state index in [9.17, 15) is 14.7 Å². The smallest absolute Gasteiger partial charge is 0.336 e. The lowest BCUT2D eigenvalue weighted by Gasteiger charge is -2.12. The summed E-state index contributed by atoms with van der Waals surface area (Å²) < 4.78 is 0. The first-order valence-electron chi connectivity index (χ1n) is 5.21. The summed E-state index contributed by atoms with van der Waals surface area (Å²) in [5.74, 6) is -2.78. The standard InChI is InChI=1S/C13H14O4/c1-8(2)10(12(14)15)11(13(16)17)9-6-4-3-5-7-9/h3-8H,1-2H3,(H,14,15)(H,16,17). The summed E-state index contributed by atoms with van der Waals surface area (Å²) in [6.45, 7) is 3.32. The molecule has 4 heteroatoms. The molecular formula is C13H14O4. The third-order valence-electron chi connectivity index (χ3n) is 2.35. The molecule has 0 spiro atoms. The van der Waals surface area contributed by atoms with Gasteiger partial charge in [0, 0.05) is 0 Å². The Bertz CT molecular complexity index is 458. The van der Waals surface area contributed by atoms with Gasteiger partial charge in [-0.3, -0.25) is 0 Å². The predicted octanol–water partition coefficient (Wildman–Crippen LogP) is 2.27. The van der Waals surface area contributed by atoms with E-state index in [0.717, 1.165) is 0 Å². The summed E-state index contributed by atoms with van der Waals surface area (Å²) >= 11 is 0. The summed E-state index contributed by atoms with van der Waals surface area (Å²) in [5, 5.41) is 18.3. The molecule has 0 amide bonds. The number of aliphatic carboxylic acids is 2. The number of rotatable bonds is 4. The van der Waals surface area contributed by atoms with Crippen molar-refractivity contribution in [3.05, 3.63) is 41.5 Å². The fourth-order valence-corrected chi connectivity index (χ4v) is 1.64. The summed E-state index contributed by atoms with van der Waals surface area (Å²) in [7, 11) is 0. The molecule has 17 heavy (non-hydrogen) atoms. The number of hydrogen-bond donors (Lipinski definition) is 2. The first kappa shape index (κ1) is 13.0. The highest BCUT2D eigenvalue weighted by molar-refractivity contribution is 6.21. The van der Waals surface area contributed by atoms with Gasteiger partial charge >= 0.3 is 11.9 Å². The molecule has 90 valence electrons. The van der Waals surface area contributed by atoms with Crippen molar-refractivity contribution in [3.63, 3.8) is 0 Å². The fourth-order valence-electron chi connectivity index (χ4n) is 1.64. The molecule has 1 aromatic rings. The van der Waals surface area contributed by atoms with Crippen molar-refractivity contribution in [1.29, 1.82) is 0 Å². The van der Waals surface area contributed by atoms with Crippen molar-refractivity contribution in [2.24, 2.45) is 5.92 Å². The quantitative estimate of drug-likeness (QED) is 0.783. The van der Waals surface area contributed by atoms with E-state index in [1.165, 1.54) is 0 Å². The molecule has 0 aromatic heterocycles. The average Bonchev–Trinajstić information content (AvgIpc) is 2.25. The zero-order valence-electron chi connectivity index (χ0n) is 9.68. The maximum atomic E-state index is 11.2. The van der Waals surface area contributed by atoms with Crippen molar-refractivity contribution in [2.45, 2.75) is 13.8 Å². The lowest BCUT2D eigenvalue weighted by atomic mass is 9.92. The van der Waals surface area contributed by atoms with Gasteiger partial charge in [-0.15, -0.1) is 0 Å². The van der Waals surface area contributed by atoms with Gasteiger partial charge < -0.3 is 10.2 Å². The highest BCUT2D eigenvalue weighted by atomic mass is 16.4. The summed E-state index contributed by atoms with van der Waals surface area (Å²) in [6.07, 6.45) is 0.